The van der Waals surface area contributed by atoms with Gasteiger partial charge in [-0.1, -0.05) is 0 Å². The average molecular weight is 208 g/mol. The van der Waals surface area contributed by atoms with Gasteiger partial charge in [-0.15, -0.1) is 12.4 Å². The van der Waals surface area contributed by atoms with Gasteiger partial charge in [-0.2, -0.15) is 0 Å². The van der Waals surface area contributed by atoms with Gasteiger partial charge in [0, 0.05) is 6.54 Å². The molecule has 0 amide bonds. The van der Waals surface area contributed by atoms with E-state index in [9.17, 15) is 0 Å². The molecule has 1 saturated heterocycles. The van der Waals surface area contributed by atoms with Crippen molar-refractivity contribution in [3.8, 4) is 0 Å². The quantitative estimate of drug-likeness (QED) is 0.750. The number of nitrogens with one attached hydrogen (secondary N) is 1. The minimum atomic E-state index is 0. The third-order valence-electron chi connectivity index (χ3n) is 2.15. The highest BCUT2D eigenvalue weighted by Gasteiger charge is 2.17. The van der Waals surface area contributed by atoms with Crippen molar-refractivity contribution in [2.45, 2.75) is 39.2 Å². The van der Waals surface area contributed by atoms with E-state index in [0.717, 1.165) is 19.1 Å². The summed E-state index contributed by atoms with van der Waals surface area (Å²) in [6.45, 7) is 9.58. The highest BCUT2D eigenvalue weighted by atomic mass is 35.5. The maximum atomic E-state index is 5.73. The molecule has 1 unspecified atom stereocenters. The molecule has 1 fully saturated rings. The van der Waals surface area contributed by atoms with Gasteiger partial charge in [0.15, 0.2) is 0 Å². The van der Waals surface area contributed by atoms with Crippen LogP contribution in [0.25, 0.3) is 0 Å². The summed E-state index contributed by atoms with van der Waals surface area (Å²) in [4.78, 5) is 0. The molecular formula is C10H22ClNO. The van der Waals surface area contributed by atoms with Crippen molar-refractivity contribution >= 4 is 12.4 Å². The predicted octanol–water partition coefficient (Wildman–Crippen LogP) is 2.22. The molecule has 0 aromatic heterocycles. The highest BCUT2D eigenvalue weighted by molar-refractivity contribution is 5.85. The molecule has 1 heterocycles. The van der Waals surface area contributed by atoms with Gasteiger partial charge in [-0.05, 0) is 46.1 Å². The monoisotopic (exact) mass is 207 g/mol. The first kappa shape index (κ1) is 13.2. The predicted molar refractivity (Wildman–Crippen MR) is 58.5 cm³/mol. The highest BCUT2D eigenvalue weighted by Crippen LogP contribution is 2.14. The zero-order chi connectivity index (χ0) is 9.03. The fraction of sp³-hybridized carbons (Fsp3) is 1.00. The van der Waals surface area contributed by atoms with E-state index in [0.29, 0.717) is 0 Å². The van der Waals surface area contributed by atoms with E-state index in [-0.39, 0.29) is 18.0 Å². The van der Waals surface area contributed by atoms with E-state index in [1.165, 1.54) is 19.4 Å². The SMILES string of the molecule is CC(C)(C)OCC1CCCNC1.Cl. The Bertz CT molecular complexity index is 127. The van der Waals surface area contributed by atoms with Crippen LogP contribution in [0.15, 0.2) is 0 Å². The maximum absolute atomic E-state index is 5.73. The Labute approximate surface area is 87.8 Å². The van der Waals surface area contributed by atoms with Gasteiger partial charge < -0.3 is 10.1 Å². The number of hydrogen-bond donors (Lipinski definition) is 1. The van der Waals surface area contributed by atoms with Gasteiger partial charge in [0.1, 0.15) is 0 Å². The lowest BCUT2D eigenvalue weighted by molar-refractivity contribution is -0.0255. The Morgan fingerprint density at radius 2 is 2.08 bits per heavy atom. The summed E-state index contributed by atoms with van der Waals surface area (Å²) < 4.78 is 5.73. The summed E-state index contributed by atoms with van der Waals surface area (Å²) in [7, 11) is 0. The molecule has 0 aromatic rings. The first-order valence-electron chi connectivity index (χ1n) is 4.92. The molecule has 3 heteroatoms. The molecule has 13 heavy (non-hydrogen) atoms. The van der Waals surface area contributed by atoms with E-state index in [1.54, 1.807) is 0 Å². The van der Waals surface area contributed by atoms with Gasteiger partial charge in [-0.25, -0.2) is 0 Å². The Balaban J connectivity index is 0.00000144. The van der Waals surface area contributed by atoms with E-state index in [1.807, 2.05) is 0 Å². The molecule has 1 rings (SSSR count). The van der Waals surface area contributed by atoms with Crippen LogP contribution in [0, 0.1) is 5.92 Å². The van der Waals surface area contributed by atoms with Crippen molar-refractivity contribution in [2.24, 2.45) is 5.92 Å². The number of piperidine rings is 1. The zero-order valence-corrected chi connectivity index (χ0v) is 9.75. The minimum Gasteiger partial charge on any atom is -0.376 e. The van der Waals surface area contributed by atoms with Gasteiger partial charge in [-0.3, -0.25) is 0 Å². The minimum absolute atomic E-state index is 0. The van der Waals surface area contributed by atoms with Crippen molar-refractivity contribution < 1.29 is 4.74 Å². The van der Waals surface area contributed by atoms with Crippen LogP contribution in [0.1, 0.15) is 33.6 Å². The van der Waals surface area contributed by atoms with Gasteiger partial charge in [0.05, 0.1) is 12.2 Å². The van der Waals surface area contributed by atoms with E-state index < -0.39 is 0 Å². The smallest absolute Gasteiger partial charge is 0.0598 e. The molecule has 80 valence electrons. The molecule has 0 spiro atoms. The molecule has 0 radical (unpaired) electrons. The summed E-state index contributed by atoms with van der Waals surface area (Å²) in [5.74, 6) is 0.734. The van der Waals surface area contributed by atoms with Crippen LogP contribution in [0.4, 0.5) is 0 Å². The fourth-order valence-electron chi connectivity index (χ4n) is 1.43. The maximum Gasteiger partial charge on any atom is 0.0598 e. The fourth-order valence-corrected chi connectivity index (χ4v) is 1.43. The number of hydrogen-bond acceptors (Lipinski definition) is 2. The van der Waals surface area contributed by atoms with Crippen LogP contribution in [0.2, 0.25) is 0 Å². The number of rotatable bonds is 2. The van der Waals surface area contributed by atoms with E-state index >= 15 is 0 Å². The Hall–Kier alpha value is 0.210. The molecule has 2 nitrogen and oxygen atoms in total. The van der Waals surface area contributed by atoms with Crippen LogP contribution in [0.3, 0.4) is 0 Å². The van der Waals surface area contributed by atoms with Crippen molar-refractivity contribution in [2.75, 3.05) is 19.7 Å². The molecule has 0 bridgehead atoms. The van der Waals surface area contributed by atoms with E-state index in [2.05, 4.69) is 26.1 Å². The summed E-state index contributed by atoms with van der Waals surface area (Å²) in [6.07, 6.45) is 2.63. The van der Waals surface area contributed by atoms with Crippen molar-refractivity contribution in [1.82, 2.24) is 5.32 Å². The van der Waals surface area contributed by atoms with Crippen LogP contribution in [0.5, 0.6) is 0 Å². The van der Waals surface area contributed by atoms with E-state index in [4.69, 9.17) is 4.74 Å². The molecule has 0 aromatic carbocycles. The third kappa shape index (κ3) is 6.30. The summed E-state index contributed by atoms with van der Waals surface area (Å²) in [5, 5.41) is 3.39. The summed E-state index contributed by atoms with van der Waals surface area (Å²) >= 11 is 0. The van der Waals surface area contributed by atoms with Crippen LogP contribution in [-0.2, 0) is 4.74 Å². The van der Waals surface area contributed by atoms with Gasteiger partial charge in [0.25, 0.3) is 0 Å². The largest absolute Gasteiger partial charge is 0.376 e. The van der Waals surface area contributed by atoms with Crippen molar-refractivity contribution in [3.05, 3.63) is 0 Å². The van der Waals surface area contributed by atoms with Gasteiger partial charge in [0.2, 0.25) is 0 Å². The van der Waals surface area contributed by atoms with Crippen molar-refractivity contribution in [3.63, 3.8) is 0 Å². The van der Waals surface area contributed by atoms with Crippen LogP contribution in [-0.4, -0.2) is 25.3 Å². The standard InChI is InChI=1S/C10H21NO.ClH/c1-10(2,3)12-8-9-5-4-6-11-7-9;/h9,11H,4-8H2,1-3H3;1H. The zero-order valence-electron chi connectivity index (χ0n) is 8.93. The lowest BCUT2D eigenvalue weighted by Gasteiger charge is -2.27. The second-order valence-corrected chi connectivity index (χ2v) is 4.64. The summed E-state index contributed by atoms with van der Waals surface area (Å²) in [5.41, 5.74) is 0.0252. The second kappa shape index (κ2) is 5.84. The third-order valence-corrected chi connectivity index (χ3v) is 2.15. The first-order chi connectivity index (χ1) is 5.58. The lowest BCUT2D eigenvalue weighted by Crippen LogP contribution is -2.34. The Morgan fingerprint density at radius 3 is 2.54 bits per heavy atom. The Morgan fingerprint density at radius 1 is 1.38 bits per heavy atom. The second-order valence-electron chi connectivity index (χ2n) is 4.64. The Kier molecular flexibility index (Phi) is 5.93. The summed E-state index contributed by atoms with van der Waals surface area (Å²) in [6, 6.07) is 0. The topological polar surface area (TPSA) is 21.3 Å². The molecule has 1 aliphatic rings. The van der Waals surface area contributed by atoms with Crippen molar-refractivity contribution in [1.29, 1.82) is 0 Å². The number of halogens is 1. The molecule has 1 atom stereocenters. The molecular weight excluding hydrogens is 186 g/mol. The first-order valence-corrected chi connectivity index (χ1v) is 4.92. The normalized spacial score (nSPS) is 23.8. The average Bonchev–Trinajstić information content (AvgIpc) is 2.02. The van der Waals surface area contributed by atoms with Crippen LogP contribution < -0.4 is 5.32 Å². The molecule has 0 saturated carbocycles. The molecule has 1 N–H and O–H groups in total. The van der Waals surface area contributed by atoms with Crippen LogP contribution >= 0.6 is 12.4 Å². The molecule has 0 aliphatic carbocycles. The van der Waals surface area contributed by atoms with Gasteiger partial charge >= 0.3 is 0 Å². The number of ether oxygens (including phenoxy) is 1. The molecule has 1 aliphatic heterocycles. The lowest BCUT2D eigenvalue weighted by atomic mass is 10.0.